The first-order valence-electron chi connectivity index (χ1n) is 6.96. The molecule has 0 saturated heterocycles. The number of nitrogens with one attached hydrogen (secondary N) is 1. The summed E-state index contributed by atoms with van der Waals surface area (Å²) >= 11 is 0. The van der Waals surface area contributed by atoms with E-state index in [4.69, 9.17) is 0 Å². The fourth-order valence-electron chi connectivity index (χ4n) is 3.07. The van der Waals surface area contributed by atoms with Crippen molar-refractivity contribution in [3.05, 3.63) is 29.8 Å². The molecule has 1 N–H and O–H groups in total. The topological polar surface area (TPSA) is 15.3 Å². The number of nitrogens with zero attached hydrogens (tertiary/aromatic N) is 1. The molecule has 1 aliphatic carbocycles. The number of likely N-dealkylation sites (N-methyl/N-ethyl adjacent to an activating group) is 1. The maximum absolute atomic E-state index is 3.63. The fourth-order valence-corrected chi connectivity index (χ4v) is 3.07. The average Bonchev–Trinajstić information content (AvgIpc) is 3.18. The van der Waals surface area contributed by atoms with Crippen LogP contribution in [-0.2, 0) is 6.42 Å². The van der Waals surface area contributed by atoms with Crippen molar-refractivity contribution in [2.75, 3.05) is 18.4 Å². The lowest BCUT2D eigenvalue weighted by molar-refractivity contribution is 0.196. The van der Waals surface area contributed by atoms with Crippen molar-refractivity contribution >= 4 is 5.69 Å². The van der Waals surface area contributed by atoms with Gasteiger partial charge in [0.2, 0.25) is 0 Å². The van der Waals surface area contributed by atoms with Gasteiger partial charge in [-0.05, 0) is 43.9 Å². The highest BCUT2D eigenvalue weighted by Crippen LogP contribution is 2.31. The molecule has 92 valence electrons. The second kappa shape index (κ2) is 4.69. The monoisotopic (exact) mass is 230 g/mol. The molecular formula is C15H22N2. The molecule has 0 spiro atoms. The molecular weight excluding hydrogens is 208 g/mol. The van der Waals surface area contributed by atoms with Crippen LogP contribution in [-0.4, -0.2) is 30.1 Å². The van der Waals surface area contributed by atoms with E-state index in [0.29, 0.717) is 0 Å². The first-order valence-corrected chi connectivity index (χ1v) is 6.96. The molecule has 0 aromatic heterocycles. The summed E-state index contributed by atoms with van der Waals surface area (Å²) in [5, 5.41) is 3.63. The summed E-state index contributed by atoms with van der Waals surface area (Å²) in [5.74, 6) is 0. The predicted molar refractivity (Wildman–Crippen MR) is 72.4 cm³/mol. The lowest BCUT2D eigenvalue weighted by atomic mass is 10.1. The van der Waals surface area contributed by atoms with Crippen LogP contribution >= 0.6 is 0 Å². The lowest BCUT2D eigenvalue weighted by Gasteiger charge is -2.29. The Balaban J connectivity index is 1.71. The van der Waals surface area contributed by atoms with Gasteiger partial charge in [-0.15, -0.1) is 0 Å². The predicted octanol–water partition coefficient (Wildman–Crippen LogP) is 2.90. The number of para-hydroxylation sites is 1. The molecule has 1 unspecified atom stereocenters. The quantitative estimate of drug-likeness (QED) is 0.859. The summed E-state index contributed by atoms with van der Waals surface area (Å²) in [6, 6.07) is 10.4. The summed E-state index contributed by atoms with van der Waals surface area (Å²) in [5.41, 5.74) is 2.84. The number of aryl methyl sites for hydroxylation is 1. The van der Waals surface area contributed by atoms with Crippen molar-refractivity contribution in [2.24, 2.45) is 0 Å². The Hall–Kier alpha value is -1.02. The van der Waals surface area contributed by atoms with Crippen LogP contribution in [0.15, 0.2) is 24.3 Å². The standard InChI is InChI=1S/C15H22N2/c1-2-17(13-9-10-13)14-8-7-12-5-3-4-6-15(12)16-11-14/h3-6,13-14,16H,2,7-11H2,1H3. The Morgan fingerprint density at radius 2 is 2.00 bits per heavy atom. The molecule has 1 fully saturated rings. The van der Waals surface area contributed by atoms with Crippen molar-refractivity contribution in [1.82, 2.24) is 4.90 Å². The van der Waals surface area contributed by atoms with E-state index in [2.05, 4.69) is 41.4 Å². The highest BCUT2D eigenvalue weighted by atomic mass is 15.2. The molecule has 1 aromatic carbocycles. The molecule has 0 radical (unpaired) electrons. The maximum atomic E-state index is 3.63. The number of fused-ring (bicyclic) bond motifs is 1. The van der Waals surface area contributed by atoms with Gasteiger partial charge in [0.05, 0.1) is 0 Å². The van der Waals surface area contributed by atoms with Gasteiger partial charge in [0, 0.05) is 24.3 Å². The van der Waals surface area contributed by atoms with Crippen LogP contribution in [0.3, 0.4) is 0 Å². The Kier molecular flexibility index (Phi) is 3.06. The van der Waals surface area contributed by atoms with Crippen molar-refractivity contribution in [1.29, 1.82) is 0 Å². The third-order valence-electron chi connectivity index (χ3n) is 4.14. The minimum atomic E-state index is 0.722. The minimum Gasteiger partial charge on any atom is -0.383 e. The second-order valence-electron chi connectivity index (χ2n) is 5.29. The maximum Gasteiger partial charge on any atom is 0.0373 e. The van der Waals surface area contributed by atoms with Crippen molar-refractivity contribution in [3.8, 4) is 0 Å². The van der Waals surface area contributed by atoms with E-state index in [0.717, 1.165) is 18.6 Å². The fraction of sp³-hybridized carbons (Fsp3) is 0.600. The third kappa shape index (κ3) is 2.32. The SMILES string of the molecule is CCN(C1CC1)C1CCc2ccccc2NC1. The van der Waals surface area contributed by atoms with Crippen LogP contribution in [0, 0.1) is 0 Å². The van der Waals surface area contributed by atoms with Crippen LogP contribution in [0.2, 0.25) is 0 Å². The normalized spacial score (nSPS) is 24.0. The number of hydrogen-bond acceptors (Lipinski definition) is 2. The largest absolute Gasteiger partial charge is 0.383 e. The Bertz CT molecular complexity index is 357. The van der Waals surface area contributed by atoms with Crippen LogP contribution < -0.4 is 5.32 Å². The number of anilines is 1. The molecule has 1 aromatic rings. The summed E-state index contributed by atoms with van der Waals surface area (Å²) in [4.78, 5) is 2.71. The van der Waals surface area contributed by atoms with Crippen LogP contribution in [0.1, 0.15) is 31.7 Å². The van der Waals surface area contributed by atoms with Gasteiger partial charge in [-0.25, -0.2) is 0 Å². The molecule has 1 heterocycles. The molecule has 1 saturated carbocycles. The number of hydrogen-bond donors (Lipinski definition) is 1. The van der Waals surface area contributed by atoms with Gasteiger partial charge in [-0.2, -0.15) is 0 Å². The molecule has 0 bridgehead atoms. The number of benzene rings is 1. The molecule has 2 heteroatoms. The molecule has 3 rings (SSSR count). The molecule has 2 nitrogen and oxygen atoms in total. The highest BCUT2D eigenvalue weighted by Gasteiger charge is 2.33. The molecule has 1 atom stereocenters. The van der Waals surface area contributed by atoms with E-state index in [9.17, 15) is 0 Å². The van der Waals surface area contributed by atoms with Gasteiger partial charge >= 0.3 is 0 Å². The zero-order valence-electron chi connectivity index (χ0n) is 10.7. The average molecular weight is 230 g/mol. The third-order valence-corrected chi connectivity index (χ3v) is 4.14. The minimum absolute atomic E-state index is 0.722. The summed E-state index contributed by atoms with van der Waals surface area (Å²) in [6.07, 6.45) is 5.35. The summed E-state index contributed by atoms with van der Waals surface area (Å²) in [6.45, 7) is 4.62. The van der Waals surface area contributed by atoms with E-state index in [-0.39, 0.29) is 0 Å². The second-order valence-corrected chi connectivity index (χ2v) is 5.29. The van der Waals surface area contributed by atoms with Gasteiger partial charge in [-0.1, -0.05) is 25.1 Å². The Morgan fingerprint density at radius 1 is 1.18 bits per heavy atom. The smallest absolute Gasteiger partial charge is 0.0373 e. The van der Waals surface area contributed by atoms with E-state index in [1.54, 1.807) is 0 Å². The highest BCUT2D eigenvalue weighted by molar-refractivity contribution is 5.52. The Morgan fingerprint density at radius 3 is 2.76 bits per heavy atom. The van der Waals surface area contributed by atoms with Gasteiger partial charge in [0.15, 0.2) is 0 Å². The van der Waals surface area contributed by atoms with E-state index >= 15 is 0 Å². The number of rotatable bonds is 3. The van der Waals surface area contributed by atoms with Crippen LogP contribution in [0.4, 0.5) is 5.69 Å². The van der Waals surface area contributed by atoms with Gasteiger partial charge in [0.1, 0.15) is 0 Å². The van der Waals surface area contributed by atoms with Crippen molar-refractivity contribution in [3.63, 3.8) is 0 Å². The van der Waals surface area contributed by atoms with E-state index in [1.165, 1.54) is 43.5 Å². The zero-order valence-corrected chi connectivity index (χ0v) is 10.7. The molecule has 0 amide bonds. The first-order chi connectivity index (χ1) is 8.38. The van der Waals surface area contributed by atoms with Gasteiger partial charge in [0.25, 0.3) is 0 Å². The van der Waals surface area contributed by atoms with Crippen molar-refractivity contribution < 1.29 is 0 Å². The van der Waals surface area contributed by atoms with Gasteiger partial charge < -0.3 is 5.32 Å². The Labute approximate surface area is 104 Å². The van der Waals surface area contributed by atoms with Crippen LogP contribution in [0.5, 0.6) is 0 Å². The molecule has 1 aliphatic heterocycles. The van der Waals surface area contributed by atoms with E-state index < -0.39 is 0 Å². The first kappa shape index (κ1) is 11.1. The summed E-state index contributed by atoms with van der Waals surface area (Å²) < 4.78 is 0. The van der Waals surface area contributed by atoms with Gasteiger partial charge in [-0.3, -0.25) is 4.90 Å². The lowest BCUT2D eigenvalue weighted by Crippen LogP contribution is -2.41. The summed E-state index contributed by atoms with van der Waals surface area (Å²) in [7, 11) is 0. The molecule has 2 aliphatic rings. The zero-order chi connectivity index (χ0) is 11.7. The van der Waals surface area contributed by atoms with Crippen LogP contribution in [0.25, 0.3) is 0 Å². The van der Waals surface area contributed by atoms with E-state index in [1.807, 2.05) is 0 Å². The molecule has 17 heavy (non-hydrogen) atoms. The van der Waals surface area contributed by atoms with Crippen molar-refractivity contribution in [2.45, 2.75) is 44.7 Å².